The van der Waals surface area contributed by atoms with Gasteiger partial charge in [0.15, 0.2) is 0 Å². The lowest BCUT2D eigenvalue weighted by atomic mass is 9.67. The molecule has 1 aliphatic rings. The number of hydrogen-bond acceptors (Lipinski definition) is 1. The first-order valence-corrected chi connectivity index (χ1v) is 5.84. The van der Waals surface area contributed by atoms with E-state index in [1.807, 2.05) is 6.33 Å². The summed E-state index contributed by atoms with van der Waals surface area (Å²) < 4.78 is 2.26. The Labute approximate surface area is 87.5 Å². The van der Waals surface area contributed by atoms with Gasteiger partial charge in [-0.25, -0.2) is 4.98 Å². The molecule has 0 saturated heterocycles. The Balaban J connectivity index is 2.17. The number of hydrogen-bond donors (Lipinski definition) is 0. The Morgan fingerprint density at radius 3 is 2.85 bits per heavy atom. The summed E-state index contributed by atoms with van der Waals surface area (Å²) in [6.45, 7) is 4.66. The summed E-state index contributed by atoms with van der Waals surface area (Å²) in [7, 11) is 0. The quantitative estimate of drug-likeness (QED) is 0.729. The van der Waals surface area contributed by atoms with Crippen molar-refractivity contribution < 1.29 is 0 Å². The van der Waals surface area contributed by atoms with E-state index in [2.05, 4.69) is 45.5 Å². The number of imidazole rings is 1. The lowest BCUT2D eigenvalue weighted by Gasteiger charge is -2.45. The zero-order valence-electron chi connectivity index (χ0n) is 8.13. The third kappa shape index (κ3) is 1.54. The molecule has 1 aromatic heterocycles. The molecule has 2 rings (SSSR count). The predicted octanol–water partition coefficient (Wildman–Crippen LogP) is 3.14. The summed E-state index contributed by atoms with van der Waals surface area (Å²) in [4.78, 5) is 4.32. The zero-order chi connectivity index (χ0) is 9.47. The molecule has 72 valence electrons. The highest BCUT2D eigenvalue weighted by atomic mass is 79.9. The molecule has 0 amide bonds. The van der Waals surface area contributed by atoms with Crippen molar-refractivity contribution in [2.45, 2.75) is 38.1 Å². The zero-order valence-corrected chi connectivity index (χ0v) is 9.71. The van der Waals surface area contributed by atoms with Crippen molar-refractivity contribution in [3.05, 3.63) is 18.2 Å². The Morgan fingerprint density at radius 1 is 1.69 bits per heavy atom. The van der Waals surface area contributed by atoms with Crippen LogP contribution >= 0.6 is 15.9 Å². The van der Waals surface area contributed by atoms with Crippen molar-refractivity contribution in [2.75, 3.05) is 0 Å². The van der Waals surface area contributed by atoms with Crippen LogP contribution in [0.15, 0.2) is 12.5 Å². The lowest BCUT2D eigenvalue weighted by molar-refractivity contribution is 0.0818. The average Bonchev–Trinajstić information content (AvgIpc) is 2.51. The van der Waals surface area contributed by atoms with Gasteiger partial charge in [0.25, 0.3) is 0 Å². The van der Waals surface area contributed by atoms with Crippen LogP contribution in [0.5, 0.6) is 0 Å². The molecule has 2 nitrogen and oxygen atoms in total. The number of aromatic nitrogens is 2. The maximum atomic E-state index is 4.32. The minimum absolute atomic E-state index is 0.463. The molecule has 0 bridgehead atoms. The van der Waals surface area contributed by atoms with Gasteiger partial charge in [-0.2, -0.15) is 0 Å². The van der Waals surface area contributed by atoms with Gasteiger partial charge < -0.3 is 4.57 Å². The van der Waals surface area contributed by atoms with Crippen molar-refractivity contribution in [3.63, 3.8) is 0 Å². The van der Waals surface area contributed by atoms with Gasteiger partial charge in [-0.15, -0.1) is 0 Å². The highest BCUT2D eigenvalue weighted by molar-refractivity contribution is 9.08. The molecule has 1 heterocycles. The second-order valence-corrected chi connectivity index (χ2v) is 5.05. The number of alkyl halides is 1. The molecule has 0 spiro atoms. The van der Waals surface area contributed by atoms with Gasteiger partial charge in [0, 0.05) is 17.6 Å². The van der Waals surface area contributed by atoms with E-state index in [4.69, 9.17) is 0 Å². The molecule has 3 heteroatoms. The first-order chi connectivity index (χ1) is 6.13. The lowest BCUT2D eigenvalue weighted by Crippen LogP contribution is -2.36. The molecule has 1 saturated carbocycles. The van der Waals surface area contributed by atoms with Crippen molar-refractivity contribution in [1.82, 2.24) is 9.55 Å². The van der Waals surface area contributed by atoms with Crippen LogP contribution in [-0.4, -0.2) is 9.55 Å². The minimum Gasteiger partial charge on any atom is -0.334 e. The maximum absolute atomic E-state index is 4.32. The highest BCUT2D eigenvalue weighted by Gasteiger charge is 2.39. The summed E-state index contributed by atoms with van der Waals surface area (Å²) >= 11 is 3.41. The van der Waals surface area contributed by atoms with Gasteiger partial charge >= 0.3 is 0 Å². The average molecular weight is 243 g/mol. The van der Waals surface area contributed by atoms with Crippen LogP contribution in [0, 0.1) is 5.41 Å². The standard InChI is InChI=1S/C10H15BrN2/c1-10(2)4-3-9(10)13-6-8(5-11)12-7-13/h6-7,9H,3-5H2,1-2H3. The monoisotopic (exact) mass is 242 g/mol. The maximum Gasteiger partial charge on any atom is 0.0952 e. The SMILES string of the molecule is CC1(C)CCC1n1cnc(CBr)c1. The van der Waals surface area contributed by atoms with Gasteiger partial charge in [-0.3, -0.25) is 0 Å². The van der Waals surface area contributed by atoms with Crippen LogP contribution < -0.4 is 0 Å². The fraction of sp³-hybridized carbons (Fsp3) is 0.700. The van der Waals surface area contributed by atoms with Crippen LogP contribution in [-0.2, 0) is 5.33 Å². The number of halogens is 1. The van der Waals surface area contributed by atoms with Crippen LogP contribution in [0.25, 0.3) is 0 Å². The van der Waals surface area contributed by atoms with E-state index in [1.165, 1.54) is 12.8 Å². The van der Waals surface area contributed by atoms with E-state index in [-0.39, 0.29) is 0 Å². The molecular formula is C10H15BrN2. The summed E-state index contributed by atoms with van der Waals surface area (Å²) in [6.07, 6.45) is 6.74. The molecule has 13 heavy (non-hydrogen) atoms. The van der Waals surface area contributed by atoms with Gasteiger partial charge in [-0.1, -0.05) is 29.8 Å². The molecule has 1 unspecified atom stereocenters. The molecule has 0 radical (unpaired) electrons. The largest absolute Gasteiger partial charge is 0.334 e. The van der Waals surface area contributed by atoms with Crippen molar-refractivity contribution in [2.24, 2.45) is 5.41 Å². The second kappa shape index (κ2) is 3.12. The molecule has 0 aliphatic heterocycles. The van der Waals surface area contributed by atoms with E-state index in [9.17, 15) is 0 Å². The van der Waals surface area contributed by atoms with Gasteiger partial charge in [-0.05, 0) is 18.3 Å². The first kappa shape index (κ1) is 9.25. The van der Waals surface area contributed by atoms with E-state index in [0.717, 1.165) is 11.0 Å². The van der Waals surface area contributed by atoms with Crippen LogP contribution in [0.4, 0.5) is 0 Å². The Morgan fingerprint density at radius 2 is 2.46 bits per heavy atom. The molecular weight excluding hydrogens is 228 g/mol. The van der Waals surface area contributed by atoms with Gasteiger partial charge in [0.2, 0.25) is 0 Å². The fourth-order valence-corrected chi connectivity index (χ4v) is 2.31. The first-order valence-electron chi connectivity index (χ1n) is 4.72. The molecule has 1 atom stereocenters. The second-order valence-electron chi connectivity index (χ2n) is 4.49. The number of rotatable bonds is 2. The summed E-state index contributed by atoms with van der Waals surface area (Å²) in [6, 6.07) is 0.660. The van der Waals surface area contributed by atoms with Crippen LogP contribution in [0.1, 0.15) is 38.4 Å². The molecule has 0 aromatic carbocycles. The smallest absolute Gasteiger partial charge is 0.0952 e. The Kier molecular flexibility index (Phi) is 2.22. The fourth-order valence-electron chi connectivity index (χ4n) is 2.02. The van der Waals surface area contributed by atoms with Crippen molar-refractivity contribution >= 4 is 15.9 Å². The third-order valence-electron chi connectivity index (χ3n) is 3.12. The van der Waals surface area contributed by atoms with E-state index < -0.39 is 0 Å². The summed E-state index contributed by atoms with van der Waals surface area (Å²) in [5, 5.41) is 0.854. The molecule has 0 N–H and O–H groups in total. The third-order valence-corrected chi connectivity index (χ3v) is 3.69. The van der Waals surface area contributed by atoms with Gasteiger partial charge in [0.1, 0.15) is 0 Å². The van der Waals surface area contributed by atoms with E-state index >= 15 is 0 Å². The summed E-state index contributed by atoms with van der Waals surface area (Å²) in [5.74, 6) is 0. The molecule has 1 fully saturated rings. The summed E-state index contributed by atoms with van der Waals surface area (Å²) in [5.41, 5.74) is 1.59. The van der Waals surface area contributed by atoms with E-state index in [0.29, 0.717) is 11.5 Å². The van der Waals surface area contributed by atoms with Crippen molar-refractivity contribution in [1.29, 1.82) is 0 Å². The van der Waals surface area contributed by atoms with Gasteiger partial charge in [0.05, 0.1) is 12.0 Å². The topological polar surface area (TPSA) is 17.8 Å². The molecule has 1 aromatic rings. The van der Waals surface area contributed by atoms with E-state index in [1.54, 1.807) is 0 Å². The predicted molar refractivity (Wildman–Crippen MR) is 56.9 cm³/mol. The minimum atomic E-state index is 0.463. The molecule has 1 aliphatic carbocycles. The normalized spacial score (nSPS) is 25.6. The van der Waals surface area contributed by atoms with Crippen molar-refractivity contribution in [3.8, 4) is 0 Å². The highest BCUT2D eigenvalue weighted by Crippen LogP contribution is 2.49. The Hall–Kier alpha value is -0.310. The number of nitrogens with zero attached hydrogens (tertiary/aromatic N) is 2. The van der Waals surface area contributed by atoms with Crippen LogP contribution in [0.3, 0.4) is 0 Å². The Bertz CT molecular complexity index is 304. The van der Waals surface area contributed by atoms with Crippen LogP contribution in [0.2, 0.25) is 0 Å².